The molecule has 0 aliphatic carbocycles. The first-order valence-electron chi connectivity index (χ1n) is 7.52. The summed E-state index contributed by atoms with van der Waals surface area (Å²) in [5.41, 5.74) is 6.42. The minimum absolute atomic E-state index is 0.0235. The molecule has 1 saturated heterocycles. The van der Waals surface area contributed by atoms with E-state index in [0.717, 1.165) is 0 Å². The second-order valence-electron chi connectivity index (χ2n) is 5.29. The van der Waals surface area contributed by atoms with Gasteiger partial charge in [-0.3, -0.25) is 9.59 Å². The molecule has 12 heteroatoms. The van der Waals surface area contributed by atoms with Gasteiger partial charge in [0.15, 0.2) is 17.1 Å². The maximum Gasteiger partial charge on any atom is 0.303 e. The number of halogens is 1. The van der Waals surface area contributed by atoms with E-state index in [1.54, 1.807) is 0 Å². The molecule has 1 aliphatic heterocycles. The third-order valence-electron chi connectivity index (χ3n) is 3.21. The van der Waals surface area contributed by atoms with Gasteiger partial charge in [0.2, 0.25) is 5.95 Å². The van der Waals surface area contributed by atoms with Crippen molar-refractivity contribution >= 4 is 40.7 Å². The highest BCUT2D eigenvalue weighted by atomic mass is 35.5. The van der Waals surface area contributed by atoms with Gasteiger partial charge in [0.1, 0.15) is 24.3 Å². The second-order valence-corrected chi connectivity index (χ2v) is 5.65. The highest BCUT2D eigenvalue weighted by Gasteiger charge is 2.37. The van der Waals surface area contributed by atoms with Crippen molar-refractivity contribution in [2.75, 3.05) is 12.3 Å². The molecular formula is C14H18ClN5O6. The fraction of sp³-hybridized carbons (Fsp3) is 0.500. The van der Waals surface area contributed by atoms with Crippen molar-refractivity contribution in [3.63, 3.8) is 0 Å². The molecule has 1 fully saturated rings. The van der Waals surface area contributed by atoms with Crippen LogP contribution in [0.4, 0.5) is 5.95 Å². The van der Waals surface area contributed by atoms with Crippen LogP contribution in [-0.2, 0) is 23.8 Å². The maximum absolute atomic E-state index is 10.7. The lowest BCUT2D eigenvalue weighted by atomic mass is 10.2. The van der Waals surface area contributed by atoms with Gasteiger partial charge < -0.3 is 30.0 Å². The molecule has 0 amide bonds. The molecular weight excluding hydrogens is 370 g/mol. The Kier molecular flexibility index (Phi) is 6.66. The Bertz CT molecular complexity index is 784. The lowest BCUT2D eigenvalue weighted by molar-refractivity contribution is -0.159. The Morgan fingerprint density at radius 1 is 1.42 bits per heavy atom. The molecule has 2 aromatic rings. The molecule has 0 spiro atoms. The second kappa shape index (κ2) is 8.74. The number of anilines is 1. The summed E-state index contributed by atoms with van der Waals surface area (Å²) in [5, 5.41) is 9.49. The summed E-state index contributed by atoms with van der Waals surface area (Å²) in [6, 6.07) is 0. The Morgan fingerprint density at radius 3 is 2.81 bits per heavy atom. The highest BCUT2D eigenvalue weighted by molar-refractivity contribution is 6.33. The Morgan fingerprint density at radius 2 is 2.15 bits per heavy atom. The van der Waals surface area contributed by atoms with E-state index in [-0.39, 0.29) is 19.0 Å². The molecule has 26 heavy (non-hydrogen) atoms. The van der Waals surface area contributed by atoms with Gasteiger partial charge in [-0.25, -0.2) is 4.98 Å². The quantitative estimate of drug-likeness (QED) is 0.488. The Labute approximate surface area is 152 Å². The van der Waals surface area contributed by atoms with Gasteiger partial charge >= 0.3 is 11.9 Å². The molecule has 3 atom stereocenters. The molecule has 142 valence electrons. The molecule has 2 aromatic heterocycles. The first-order chi connectivity index (χ1) is 12.3. The molecule has 0 radical (unpaired) electrons. The zero-order valence-corrected chi connectivity index (χ0v) is 14.8. The van der Waals surface area contributed by atoms with Crippen molar-refractivity contribution in [3.8, 4) is 0 Å². The molecule has 0 bridgehead atoms. The predicted octanol–water partition coefficient (Wildman–Crippen LogP) is 0.177. The van der Waals surface area contributed by atoms with E-state index < -0.39 is 30.4 Å². The van der Waals surface area contributed by atoms with Gasteiger partial charge in [0.05, 0.1) is 6.33 Å². The summed E-state index contributed by atoms with van der Waals surface area (Å²) in [6.07, 6.45) is -0.435. The van der Waals surface area contributed by atoms with Crippen LogP contribution < -0.4 is 5.73 Å². The number of carbonyl (C=O) groups is 2. The number of aliphatic hydroxyl groups is 1. The van der Waals surface area contributed by atoms with Crippen LogP contribution in [0.15, 0.2) is 6.33 Å². The highest BCUT2D eigenvalue weighted by Crippen LogP contribution is 2.22. The van der Waals surface area contributed by atoms with E-state index in [4.69, 9.17) is 31.5 Å². The van der Waals surface area contributed by atoms with Crippen LogP contribution in [0.2, 0.25) is 5.15 Å². The van der Waals surface area contributed by atoms with Crippen LogP contribution in [-0.4, -0.2) is 62.1 Å². The molecule has 0 aromatic carbocycles. The summed E-state index contributed by atoms with van der Waals surface area (Å²) in [5.74, 6) is -0.762. The van der Waals surface area contributed by atoms with Gasteiger partial charge in [-0.2, -0.15) is 9.97 Å². The van der Waals surface area contributed by atoms with E-state index in [9.17, 15) is 14.7 Å². The number of nitrogens with zero attached hydrogens (tertiary/aromatic N) is 3. The first-order valence-corrected chi connectivity index (χ1v) is 7.90. The molecule has 3 unspecified atom stereocenters. The number of rotatable bonds is 3. The molecule has 3 rings (SSSR count). The van der Waals surface area contributed by atoms with E-state index in [2.05, 4.69) is 19.9 Å². The van der Waals surface area contributed by atoms with Gasteiger partial charge in [-0.05, 0) is 0 Å². The number of imidazole rings is 1. The number of fused-ring (bicyclic) bond motifs is 1. The van der Waals surface area contributed by atoms with Crippen molar-refractivity contribution < 1.29 is 28.9 Å². The van der Waals surface area contributed by atoms with Gasteiger partial charge in [0, 0.05) is 20.3 Å². The Balaban J connectivity index is 0.000000195. The van der Waals surface area contributed by atoms with Crippen molar-refractivity contribution in [1.82, 2.24) is 19.9 Å². The topological polar surface area (TPSA) is 163 Å². The lowest BCUT2D eigenvalue weighted by Gasteiger charge is -2.17. The van der Waals surface area contributed by atoms with Gasteiger partial charge in [-0.15, -0.1) is 0 Å². The molecule has 0 saturated carbocycles. The van der Waals surface area contributed by atoms with E-state index >= 15 is 0 Å². The Hall–Kier alpha value is -2.50. The van der Waals surface area contributed by atoms with Crippen LogP contribution in [0, 0.1) is 0 Å². The number of hydrogen-bond acceptors (Lipinski definition) is 10. The van der Waals surface area contributed by atoms with E-state index in [1.807, 2.05) is 0 Å². The maximum atomic E-state index is 10.7. The predicted molar refractivity (Wildman–Crippen MR) is 88.8 cm³/mol. The number of carbonyl (C=O) groups excluding carboxylic acids is 2. The number of nitrogens with two attached hydrogens (primary N) is 1. The van der Waals surface area contributed by atoms with Gasteiger partial charge in [0.25, 0.3) is 0 Å². The lowest BCUT2D eigenvalue weighted by Crippen LogP contribution is -2.31. The summed E-state index contributed by atoms with van der Waals surface area (Å²) in [7, 11) is 0. The number of nitrogens with one attached hydrogen (secondary N) is 1. The van der Waals surface area contributed by atoms with Crippen molar-refractivity contribution in [3.05, 3.63) is 11.5 Å². The monoisotopic (exact) mass is 387 g/mol. The summed E-state index contributed by atoms with van der Waals surface area (Å²) in [4.78, 5) is 35.5. The molecule has 4 N–H and O–H groups in total. The third kappa shape index (κ3) is 5.51. The number of nitrogen functional groups attached to an aromatic ring is 1. The summed E-state index contributed by atoms with van der Waals surface area (Å²) >= 11 is 5.70. The average molecular weight is 388 g/mol. The minimum atomic E-state index is -0.977. The van der Waals surface area contributed by atoms with E-state index in [0.29, 0.717) is 16.3 Å². The number of H-pyrrole nitrogens is 1. The van der Waals surface area contributed by atoms with Crippen LogP contribution in [0.5, 0.6) is 0 Å². The zero-order chi connectivity index (χ0) is 19.3. The standard InChI is InChI=1S/C9H14O6.C5H4ClN5/c1-5(10)13-4-8-7(14-6(2)11)3-9(12)15-8;6-3-2-4(9-1-8-2)11-5(7)10-3/h7-9,12H,3-4H2,1-2H3;1H,(H3,7,8,9,10,11). The summed E-state index contributed by atoms with van der Waals surface area (Å²) in [6.45, 7) is 2.52. The normalized spacial score (nSPS) is 21.8. The number of esters is 2. The fourth-order valence-electron chi connectivity index (χ4n) is 2.19. The van der Waals surface area contributed by atoms with Crippen molar-refractivity contribution in [2.45, 2.75) is 38.8 Å². The SMILES string of the molecule is CC(=O)OCC1OC(O)CC1OC(C)=O.Nc1nc(Cl)c2[nH]cnc2n1. The number of ether oxygens (including phenoxy) is 3. The van der Waals surface area contributed by atoms with Crippen LogP contribution in [0.25, 0.3) is 11.2 Å². The smallest absolute Gasteiger partial charge is 0.303 e. The molecule has 11 nitrogen and oxygen atoms in total. The number of aromatic nitrogens is 4. The van der Waals surface area contributed by atoms with Crippen LogP contribution in [0.3, 0.4) is 0 Å². The number of hydrogen-bond donors (Lipinski definition) is 3. The van der Waals surface area contributed by atoms with E-state index in [1.165, 1.54) is 20.2 Å². The average Bonchev–Trinajstić information content (AvgIpc) is 3.11. The largest absolute Gasteiger partial charge is 0.463 e. The molecule has 1 aliphatic rings. The first kappa shape index (κ1) is 19.8. The van der Waals surface area contributed by atoms with Crippen molar-refractivity contribution in [2.24, 2.45) is 0 Å². The number of aliphatic hydroxyl groups excluding tert-OH is 1. The minimum Gasteiger partial charge on any atom is -0.463 e. The van der Waals surface area contributed by atoms with Crippen LogP contribution >= 0.6 is 11.6 Å². The molecule has 3 heterocycles. The zero-order valence-electron chi connectivity index (χ0n) is 14.0. The van der Waals surface area contributed by atoms with Gasteiger partial charge in [-0.1, -0.05) is 11.6 Å². The summed E-state index contributed by atoms with van der Waals surface area (Å²) < 4.78 is 14.7. The van der Waals surface area contributed by atoms with Crippen molar-refractivity contribution in [1.29, 1.82) is 0 Å². The third-order valence-corrected chi connectivity index (χ3v) is 3.48. The fourth-order valence-corrected chi connectivity index (χ4v) is 2.42. The number of aromatic amines is 1. The van der Waals surface area contributed by atoms with Crippen LogP contribution in [0.1, 0.15) is 20.3 Å².